The van der Waals surface area contributed by atoms with Crippen LogP contribution in [-0.2, 0) is 0 Å². The zero-order chi connectivity index (χ0) is 12.3. The molecule has 17 heavy (non-hydrogen) atoms. The third-order valence-electron chi connectivity index (χ3n) is 3.12. The molecule has 1 saturated heterocycles. The number of nitro groups is 1. The van der Waals surface area contributed by atoms with E-state index in [1.165, 1.54) is 12.3 Å². The Morgan fingerprint density at radius 3 is 3.00 bits per heavy atom. The molecule has 1 aromatic heterocycles. The van der Waals surface area contributed by atoms with Crippen LogP contribution >= 0.6 is 0 Å². The Morgan fingerprint density at radius 2 is 2.41 bits per heavy atom. The highest BCUT2D eigenvalue weighted by molar-refractivity contribution is 5.43. The smallest absolute Gasteiger partial charge is 0.287 e. The Hall–Kier alpha value is -1.69. The van der Waals surface area contributed by atoms with Crippen molar-refractivity contribution in [1.29, 1.82) is 0 Å². The molecule has 0 spiro atoms. The molecule has 1 aliphatic heterocycles. The number of aromatic nitrogens is 1. The van der Waals surface area contributed by atoms with Crippen LogP contribution in [0.5, 0.6) is 0 Å². The predicted octanol–water partition coefficient (Wildman–Crippen LogP) is 1.16. The second kappa shape index (κ2) is 5.09. The zero-order valence-electron chi connectivity index (χ0n) is 9.58. The van der Waals surface area contributed by atoms with Gasteiger partial charge in [0.2, 0.25) is 0 Å². The van der Waals surface area contributed by atoms with E-state index >= 15 is 0 Å². The molecule has 2 heterocycles. The Morgan fingerprint density at radius 1 is 1.59 bits per heavy atom. The Kier molecular flexibility index (Phi) is 3.53. The van der Waals surface area contributed by atoms with Crippen LogP contribution in [-0.4, -0.2) is 29.5 Å². The summed E-state index contributed by atoms with van der Waals surface area (Å²) in [5, 5.41) is 10.5. The van der Waals surface area contributed by atoms with Gasteiger partial charge in [0.25, 0.3) is 5.69 Å². The van der Waals surface area contributed by atoms with E-state index in [4.69, 9.17) is 5.73 Å². The molecule has 1 aliphatic rings. The van der Waals surface area contributed by atoms with Gasteiger partial charge in [0.05, 0.1) is 4.92 Å². The molecular weight excluding hydrogens is 220 g/mol. The van der Waals surface area contributed by atoms with Crippen molar-refractivity contribution in [2.45, 2.75) is 12.8 Å². The second-order valence-corrected chi connectivity index (χ2v) is 4.32. The molecule has 6 heteroatoms. The number of hydrogen-bond donors (Lipinski definition) is 1. The number of pyridine rings is 1. The maximum atomic E-state index is 10.5. The van der Waals surface area contributed by atoms with Gasteiger partial charge in [-0.2, -0.15) is 0 Å². The average molecular weight is 236 g/mol. The second-order valence-electron chi connectivity index (χ2n) is 4.32. The van der Waals surface area contributed by atoms with Crippen molar-refractivity contribution >= 4 is 11.5 Å². The molecule has 0 unspecified atom stereocenters. The van der Waals surface area contributed by atoms with E-state index in [1.807, 2.05) is 0 Å². The summed E-state index contributed by atoms with van der Waals surface area (Å²) in [5.41, 5.74) is 5.70. The fraction of sp³-hybridized carbons (Fsp3) is 0.545. The number of hydrogen-bond acceptors (Lipinski definition) is 5. The maximum absolute atomic E-state index is 10.5. The summed E-state index contributed by atoms with van der Waals surface area (Å²) in [6.07, 6.45) is 3.56. The van der Waals surface area contributed by atoms with Crippen LogP contribution in [0.4, 0.5) is 11.5 Å². The highest BCUT2D eigenvalue weighted by Gasteiger charge is 2.20. The highest BCUT2D eigenvalue weighted by atomic mass is 16.6. The van der Waals surface area contributed by atoms with Crippen LogP contribution in [0.1, 0.15) is 12.8 Å². The van der Waals surface area contributed by atoms with E-state index in [0.717, 1.165) is 31.7 Å². The van der Waals surface area contributed by atoms with Gasteiger partial charge in [-0.15, -0.1) is 0 Å². The molecule has 1 atom stereocenters. The lowest BCUT2D eigenvalue weighted by molar-refractivity contribution is -0.385. The fourth-order valence-electron chi connectivity index (χ4n) is 2.14. The first-order valence-corrected chi connectivity index (χ1v) is 5.76. The molecule has 0 bridgehead atoms. The molecule has 0 aliphatic carbocycles. The summed E-state index contributed by atoms with van der Waals surface area (Å²) < 4.78 is 0. The first kappa shape index (κ1) is 11.8. The van der Waals surface area contributed by atoms with Crippen LogP contribution in [0.25, 0.3) is 0 Å². The van der Waals surface area contributed by atoms with Gasteiger partial charge in [0, 0.05) is 19.2 Å². The zero-order valence-corrected chi connectivity index (χ0v) is 9.58. The number of piperidine rings is 1. The van der Waals surface area contributed by atoms with Crippen LogP contribution in [0.2, 0.25) is 0 Å². The van der Waals surface area contributed by atoms with E-state index in [2.05, 4.69) is 9.88 Å². The Balaban J connectivity index is 2.08. The predicted molar refractivity (Wildman–Crippen MR) is 64.9 cm³/mol. The molecule has 2 rings (SSSR count). The summed E-state index contributed by atoms with van der Waals surface area (Å²) >= 11 is 0. The molecule has 1 fully saturated rings. The van der Waals surface area contributed by atoms with Gasteiger partial charge in [-0.3, -0.25) is 10.1 Å². The summed E-state index contributed by atoms with van der Waals surface area (Å²) in [4.78, 5) is 16.4. The number of nitrogens with two attached hydrogens (primary N) is 1. The summed E-state index contributed by atoms with van der Waals surface area (Å²) in [6, 6.07) is 3.20. The fourth-order valence-corrected chi connectivity index (χ4v) is 2.14. The molecule has 92 valence electrons. The minimum Gasteiger partial charge on any atom is -0.356 e. The lowest BCUT2D eigenvalue weighted by atomic mass is 9.98. The Bertz CT molecular complexity index is 393. The number of anilines is 1. The van der Waals surface area contributed by atoms with E-state index in [0.29, 0.717) is 12.5 Å². The standard InChI is InChI=1S/C11H16N4O2/c12-6-9-2-1-5-14(8-9)11-4-3-10(7-13-11)15(16)17/h3-4,7,9H,1-2,5-6,8,12H2/t9-/m0/s1. The lowest BCUT2D eigenvalue weighted by Gasteiger charge is -2.32. The largest absolute Gasteiger partial charge is 0.356 e. The molecule has 6 nitrogen and oxygen atoms in total. The summed E-state index contributed by atoms with van der Waals surface area (Å²) in [7, 11) is 0. The van der Waals surface area contributed by atoms with Crippen molar-refractivity contribution in [3.63, 3.8) is 0 Å². The topological polar surface area (TPSA) is 85.3 Å². The lowest BCUT2D eigenvalue weighted by Crippen LogP contribution is -2.38. The first-order chi connectivity index (χ1) is 8.20. The van der Waals surface area contributed by atoms with Crippen LogP contribution < -0.4 is 10.6 Å². The van der Waals surface area contributed by atoms with E-state index in [1.54, 1.807) is 6.07 Å². The molecule has 0 aromatic carbocycles. The van der Waals surface area contributed by atoms with Gasteiger partial charge in [0.1, 0.15) is 12.0 Å². The summed E-state index contributed by atoms with van der Waals surface area (Å²) in [6.45, 7) is 2.52. The third kappa shape index (κ3) is 2.71. The van der Waals surface area contributed by atoms with E-state index in [9.17, 15) is 10.1 Å². The van der Waals surface area contributed by atoms with Crippen molar-refractivity contribution in [3.05, 3.63) is 28.4 Å². The highest BCUT2D eigenvalue weighted by Crippen LogP contribution is 2.22. The third-order valence-corrected chi connectivity index (χ3v) is 3.12. The normalized spacial score (nSPS) is 20.3. The van der Waals surface area contributed by atoms with Crippen LogP contribution in [0.15, 0.2) is 18.3 Å². The molecule has 1 aromatic rings. The van der Waals surface area contributed by atoms with Crippen molar-refractivity contribution < 1.29 is 4.92 Å². The molecule has 0 amide bonds. The minimum atomic E-state index is -0.435. The van der Waals surface area contributed by atoms with E-state index in [-0.39, 0.29) is 5.69 Å². The van der Waals surface area contributed by atoms with Crippen molar-refractivity contribution in [2.24, 2.45) is 11.7 Å². The average Bonchev–Trinajstić information content (AvgIpc) is 2.39. The van der Waals surface area contributed by atoms with Gasteiger partial charge in [-0.25, -0.2) is 4.98 Å². The van der Waals surface area contributed by atoms with Crippen molar-refractivity contribution in [3.8, 4) is 0 Å². The molecular formula is C11H16N4O2. The van der Waals surface area contributed by atoms with Crippen LogP contribution in [0.3, 0.4) is 0 Å². The van der Waals surface area contributed by atoms with Crippen molar-refractivity contribution in [1.82, 2.24) is 4.98 Å². The van der Waals surface area contributed by atoms with Crippen molar-refractivity contribution in [2.75, 3.05) is 24.5 Å². The van der Waals surface area contributed by atoms with Gasteiger partial charge in [0.15, 0.2) is 0 Å². The summed E-state index contributed by atoms with van der Waals surface area (Å²) in [5.74, 6) is 1.30. The molecule has 0 radical (unpaired) electrons. The first-order valence-electron chi connectivity index (χ1n) is 5.76. The van der Waals surface area contributed by atoms with Gasteiger partial charge in [-0.05, 0) is 31.4 Å². The monoisotopic (exact) mass is 236 g/mol. The molecule has 0 saturated carbocycles. The van der Waals surface area contributed by atoms with Gasteiger partial charge >= 0.3 is 0 Å². The quantitative estimate of drug-likeness (QED) is 0.628. The number of rotatable bonds is 3. The molecule has 2 N–H and O–H groups in total. The Labute approximate surface area is 99.6 Å². The van der Waals surface area contributed by atoms with E-state index < -0.39 is 4.92 Å². The van der Waals surface area contributed by atoms with Gasteiger partial charge in [-0.1, -0.05) is 0 Å². The maximum Gasteiger partial charge on any atom is 0.287 e. The van der Waals surface area contributed by atoms with Gasteiger partial charge < -0.3 is 10.6 Å². The van der Waals surface area contributed by atoms with Crippen LogP contribution in [0, 0.1) is 16.0 Å². The number of nitrogens with zero attached hydrogens (tertiary/aromatic N) is 3. The SMILES string of the molecule is NC[C@@H]1CCCN(c2ccc([N+](=O)[O-])cn2)C1. The minimum absolute atomic E-state index is 0.0288.